The van der Waals surface area contributed by atoms with E-state index in [2.05, 4.69) is 43.5 Å². The Balaban J connectivity index is 1.37. The first-order valence-corrected chi connectivity index (χ1v) is 12.3. The maximum Gasteiger partial charge on any atom is 0.154 e. The van der Waals surface area contributed by atoms with Crippen molar-refractivity contribution in [3.8, 4) is 11.8 Å². The van der Waals surface area contributed by atoms with Crippen LogP contribution in [0.2, 0.25) is 5.02 Å². The fraction of sp³-hybridized carbons (Fsp3) is 0.190. The lowest BCUT2D eigenvalue weighted by molar-refractivity contribution is 0.749. The van der Waals surface area contributed by atoms with E-state index in [-0.39, 0.29) is 0 Å². The predicted molar refractivity (Wildman–Crippen MR) is 126 cm³/mol. The lowest BCUT2D eigenvalue weighted by Crippen LogP contribution is -2.18. The van der Waals surface area contributed by atoms with E-state index >= 15 is 0 Å². The van der Waals surface area contributed by atoms with Crippen molar-refractivity contribution in [1.29, 1.82) is 0 Å². The quantitative estimate of drug-likeness (QED) is 0.368. The average Bonchev–Trinajstić information content (AvgIpc) is 3.50. The average molecular weight is 470 g/mol. The molecular weight excluding hydrogens is 454 g/mol. The number of hydrogen-bond acceptors (Lipinski definition) is 8. The fourth-order valence-electron chi connectivity index (χ4n) is 3.14. The summed E-state index contributed by atoms with van der Waals surface area (Å²) < 4.78 is 0.967. The van der Waals surface area contributed by atoms with Crippen LogP contribution in [0.1, 0.15) is 17.7 Å². The van der Waals surface area contributed by atoms with Gasteiger partial charge in [0.15, 0.2) is 4.34 Å². The van der Waals surface area contributed by atoms with Crippen LogP contribution in [0.25, 0.3) is 10.2 Å². The zero-order valence-corrected chi connectivity index (χ0v) is 18.9. The largest absolute Gasteiger partial charge is 0.340 e. The van der Waals surface area contributed by atoms with Crippen LogP contribution in [-0.4, -0.2) is 27.5 Å². The standard InChI is InChI=1S/C21H16ClN5S3/c22-17-10-14(4-6-18(17)30-21-24-8-9-28-21)27-19-16-11-15(29-20(16)26-12-25-19)5-3-13-2-1-7-23-13/h4,6,8-13,23H,1-2,7H2,(H,25,26,27)/t13-/m1/s1. The molecule has 4 heterocycles. The van der Waals surface area contributed by atoms with E-state index in [1.54, 1.807) is 47.0 Å². The van der Waals surface area contributed by atoms with Gasteiger partial charge in [0, 0.05) is 22.2 Å². The van der Waals surface area contributed by atoms with Crippen molar-refractivity contribution in [2.45, 2.75) is 28.1 Å². The van der Waals surface area contributed by atoms with Crippen LogP contribution in [0.3, 0.4) is 0 Å². The molecule has 1 saturated heterocycles. The summed E-state index contributed by atoms with van der Waals surface area (Å²) in [6, 6.07) is 8.24. The summed E-state index contributed by atoms with van der Waals surface area (Å²) in [7, 11) is 0. The van der Waals surface area contributed by atoms with Crippen molar-refractivity contribution in [2.75, 3.05) is 11.9 Å². The Kier molecular flexibility index (Phi) is 5.88. The molecule has 0 radical (unpaired) electrons. The zero-order valence-electron chi connectivity index (χ0n) is 15.7. The summed E-state index contributed by atoms with van der Waals surface area (Å²) in [5, 5.41) is 10.4. The highest BCUT2D eigenvalue weighted by Gasteiger charge is 2.12. The molecule has 1 atom stereocenters. The summed E-state index contributed by atoms with van der Waals surface area (Å²) in [5.41, 5.74) is 0.873. The van der Waals surface area contributed by atoms with Crippen LogP contribution in [-0.2, 0) is 0 Å². The molecule has 150 valence electrons. The van der Waals surface area contributed by atoms with Crippen molar-refractivity contribution in [3.05, 3.63) is 52.1 Å². The smallest absolute Gasteiger partial charge is 0.154 e. The van der Waals surface area contributed by atoms with Crippen LogP contribution < -0.4 is 10.6 Å². The molecule has 0 amide bonds. The molecule has 4 aromatic rings. The SMILES string of the molecule is Clc1cc(Nc2ncnc3sc(C#C[C@H]4CCCN4)cc23)ccc1Sc1nccs1. The molecule has 0 unspecified atom stereocenters. The van der Waals surface area contributed by atoms with Crippen LogP contribution in [0, 0.1) is 11.8 Å². The van der Waals surface area contributed by atoms with Gasteiger partial charge < -0.3 is 10.6 Å². The van der Waals surface area contributed by atoms with Gasteiger partial charge in [0.05, 0.1) is 21.3 Å². The van der Waals surface area contributed by atoms with Gasteiger partial charge in [-0.3, -0.25) is 0 Å². The fourth-order valence-corrected chi connectivity index (χ4v) is 5.87. The topological polar surface area (TPSA) is 62.7 Å². The number of thiazole rings is 1. The molecule has 0 saturated carbocycles. The van der Waals surface area contributed by atoms with Crippen molar-refractivity contribution in [3.63, 3.8) is 0 Å². The third-order valence-corrected chi connectivity index (χ3v) is 7.90. The minimum Gasteiger partial charge on any atom is -0.340 e. The van der Waals surface area contributed by atoms with Gasteiger partial charge in [-0.25, -0.2) is 15.0 Å². The summed E-state index contributed by atoms with van der Waals surface area (Å²) in [5.74, 6) is 7.35. The third-order valence-electron chi connectivity index (χ3n) is 4.56. The Bertz CT molecular complexity index is 1240. The van der Waals surface area contributed by atoms with Gasteiger partial charge in [-0.2, -0.15) is 0 Å². The number of nitrogens with zero attached hydrogens (tertiary/aromatic N) is 3. The van der Waals surface area contributed by atoms with E-state index in [1.165, 1.54) is 6.42 Å². The number of fused-ring (bicyclic) bond motifs is 1. The van der Waals surface area contributed by atoms with Crippen molar-refractivity contribution < 1.29 is 0 Å². The van der Waals surface area contributed by atoms with E-state index in [0.29, 0.717) is 11.1 Å². The predicted octanol–water partition coefficient (Wildman–Crippen LogP) is 5.80. The van der Waals surface area contributed by atoms with E-state index in [1.807, 2.05) is 23.6 Å². The second-order valence-corrected chi connectivity index (χ2v) is 10.3. The van der Waals surface area contributed by atoms with E-state index in [0.717, 1.165) is 48.8 Å². The Labute approximate surface area is 191 Å². The number of nitrogens with one attached hydrogen (secondary N) is 2. The highest BCUT2D eigenvalue weighted by molar-refractivity contribution is 8.01. The highest BCUT2D eigenvalue weighted by Crippen LogP contribution is 2.37. The number of rotatable bonds is 4. The van der Waals surface area contributed by atoms with Gasteiger partial charge in [-0.1, -0.05) is 35.2 Å². The van der Waals surface area contributed by atoms with Crippen LogP contribution in [0.15, 0.2) is 51.4 Å². The lowest BCUT2D eigenvalue weighted by atomic mass is 10.2. The van der Waals surface area contributed by atoms with Crippen LogP contribution in [0.4, 0.5) is 11.5 Å². The maximum atomic E-state index is 6.50. The van der Waals surface area contributed by atoms with Gasteiger partial charge >= 0.3 is 0 Å². The Morgan fingerprint density at radius 2 is 2.20 bits per heavy atom. The van der Waals surface area contributed by atoms with Gasteiger partial charge in [0.25, 0.3) is 0 Å². The van der Waals surface area contributed by atoms with Gasteiger partial charge in [-0.05, 0) is 43.7 Å². The first kappa shape index (κ1) is 19.8. The number of anilines is 2. The van der Waals surface area contributed by atoms with Crippen molar-refractivity contribution >= 4 is 67.8 Å². The molecule has 5 nitrogen and oxygen atoms in total. The van der Waals surface area contributed by atoms with Gasteiger partial charge in [0.1, 0.15) is 17.0 Å². The zero-order chi connectivity index (χ0) is 20.3. The van der Waals surface area contributed by atoms with E-state index in [9.17, 15) is 0 Å². The molecule has 0 spiro atoms. The molecule has 3 aromatic heterocycles. The molecule has 0 bridgehead atoms. The van der Waals surface area contributed by atoms with Crippen molar-refractivity contribution in [1.82, 2.24) is 20.3 Å². The molecule has 1 aliphatic rings. The second kappa shape index (κ2) is 8.92. The molecule has 2 N–H and O–H groups in total. The molecule has 1 aromatic carbocycles. The molecule has 1 aliphatic heterocycles. The Hall–Kier alpha value is -2.15. The summed E-state index contributed by atoms with van der Waals surface area (Å²) >= 11 is 11.2. The van der Waals surface area contributed by atoms with Crippen molar-refractivity contribution in [2.24, 2.45) is 0 Å². The summed E-state index contributed by atoms with van der Waals surface area (Å²) in [6.07, 6.45) is 5.67. The maximum absolute atomic E-state index is 6.50. The normalized spacial score (nSPS) is 15.8. The molecule has 9 heteroatoms. The second-order valence-electron chi connectivity index (χ2n) is 6.64. The first-order valence-electron chi connectivity index (χ1n) is 9.38. The third kappa shape index (κ3) is 4.46. The van der Waals surface area contributed by atoms with Gasteiger partial charge in [0.2, 0.25) is 0 Å². The minimum absolute atomic E-state index is 0.293. The van der Waals surface area contributed by atoms with Crippen LogP contribution in [0.5, 0.6) is 0 Å². The lowest BCUT2D eigenvalue weighted by Gasteiger charge is -2.08. The Morgan fingerprint density at radius 3 is 3.00 bits per heavy atom. The summed E-state index contributed by atoms with van der Waals surface area (Å²) in [4.78, 5) is 16.0. The van der Waals surface area contributed by atoms with Gasteiger partial charge in [-0.15, -0.1) is 22.7 Å². The molecule has 0 aliphatic carbocycles. The number of aromatic nitrogens is 3. The van der Waals surface area contributed by atoms with Crippen LogP contribution >= 0.6 is 46.0 Å². The van der Waals surface area contributed by atoms with E-state index in [4.69, 9.17) is 11.6 Å². The number of halogens is 1. The minimum atomic E-state index is 0.293. The molecule has 30 heavy (non-hydrogen) atoms. The number of benzene rings is 1. The number of hydrogen-bond donors (Lipinski definition) is 2. The monoisotopic (exact) mass is 469 g/mol. The van der Waals surface area contributed by atoms with E-state index < -0.39 is 0 Å². The molecule has 1 fully saturated rings. The number of thiophene rings is 1. The first-order chi connectivity index (χ1) is 14.7. The highest BCUT2D eigenvalue weighted by atomic mass is 35.5. The molecular formula is C21H16ClN5S3. The molecule has 5 rings (SSSR count). The Morgan fingerprint density at radius 1 is 1.23 bits per heavy atom. The summed E-state index contributed by atoms with van der Waals surface area (Å²) in [6.45, 7) is 1.05.